The highest BCUT2D eigenvalue weighted by molar-refractivity contribution is 6.07. The summed E-state index contributed by atoms with van der Waals surface area (Å²) in [6, 6.07) is 12.6. The van der Waals surface area contributed by atoms with Gasteiger partial charge < -0.3 is 24.2 Å². The van der Waals surface area contributed by atoms with Gasteiger partial charge >= 0.3 is 11.4 Å². The van der Waals surface area contributed by atoms with E-state index in [1.807, 2.05) is 0 Å². The summed E-state index contributed by atoms with van der Waals surface area (Å²) < 4.78 is 22.0. The number of unbranched alkanes of at least 4 members (excludes halogenated alkanes) is 1. The normalized spacial score (nSPS) is 13.3. The van der Waals surface area contributed by atoms with Crippen LogP contribution in [0.3, 0.4) is 0 Å². The van der Waals surface area contributed by atoms with Crippen molar-refractivity contribution in [2.75, 3.05) is 40.0 Å². The molecular weight excluding hydrogens is 606 g/mol. The topological polar surface area (TPSA) is 191 Å². The quantitative estimate of drug-likeness (QED) is 0.0366. The van der Waals surface area contributed by atoms with E-state index in [1.165, 1.54) is 42.5 Å². The van der Waals surface area contributed by atoms with Gasteiger partial charge in [-0.15, -0.1) is 5.01 Å². The Balaban J connectivity index is 1.55. The number of nitrogens with zero attached hydrogens (tertiary/aromatic N) is 5. The second-order valence-corrected chi connectivity index (χ2v) is 9.73. The van der Waals surface area contributed by atoms with Gasteiger partial charge in [-0.1, -0.05) is 37.6 Å². The average molecular weight is 638 g/mol. The zero-order valence-corrected chi connectivity index (χ0v) is 25.0. The first-order valence-corrected chi connectivity index (χ1v) is 14.2. The van der Waals surface area contributed by atoms with Crippen molar-refractivity contribution in [1.29, 1.82) is 0 Å². The number of ketones is 1. The van der Waals surface area contributed by atoms with Crippen molar-refractivity contribution in [3.63, 3.8) is 0 Å². The zero-order chi connectivity index (χ0) is 33.1. The van der Waals surface area contributed by atoms with Crippen molar-refractivity contribution in [1.82, 2.24) is 5.01 Å². The van der Waals surface area contributed by atoms with Crippen molar-refractivity contribution in [2.24, 2.45) is 5.28 Å². The Kier molecular flexibility index (Phi) is 11.4. The molecule has 16 heteroatoms. The fourth-order valence-corrected chi connectivity index (χ4v) is 4.18. The van der Waals surface area contributed by atoms with Crippen molar-refractivity contribution >= 4 is 23.2 Å². The largest absolute Gasteiger partial charge is 0.569 e. The number of hydrogen-bond acceptors (Lipinski definition) is 12. The molecule has 0 radical (unpaired) electrons. The molecule has 0 unspecified atom stereocenters. The molecule has 0 aliphatic carbocycles. The minimum Gasteiger partial charge on any atom is -0.569 e. The molecule has 1 fully saturated rings. The summed E-state index contributed by atoms with van der Waals surface area (Å²) >= 11 is 0. The highest BCUT2D eigenvalue weighted by Crippen LogP contribution is 2.41. The molecule has 0 aromatic heterocycles. The molecule has 3 aromatic carbocycles. The van der Waals surface area contributed by atoms with E-state index in [1.54, 1.807) is 24.3 Å². The Morgan fingerprint density at radius 2 is 1.70 bits per heavy atom. The first kappa shape index (κ1) is 33.1. The number of hydrazine groups is 1. The predicted molar refractivity (Wildman–Crippen MR) is 162 cm³/mol. The third-order valence-corrected chi connectivity index (χ3v) is 6.59. The zero-order valence-electron chi connectivity index (χ0n) is 25.0. The van der Waals surface area contributed by atoms with E-state index in [2.05, 4.69) is 12.2 Å². The fraction of sp³-hybridized carbons (Fsp3) is 0.300. The first-order chi connectivity index (χ1) is 22.2. The van der Waals surface area contributed by atoms with Crippen molar-refractivity contribution in [3.8, 4) is 28.7 Å². The van der Waals surface area contributed by atoms with Crippen LogP contribution >= 0.6 is 0 Å². The first-order valence-electron chi connectivity index (χ1n) is 14.2. The van der Waals surface area contributed by atoms with Crippen LogP contribution in [0, 0.1) is 25.4 Å². The van der Waals surface area contributed by atoms with Gasteiger partial charge in [0.25, 0.3) is 0 Å². The number of methoxy groups -OCH3 is 1. The predicted octanol–water partition coefficient (Wildman–Crippen LogP) is 5.88. The summed E-state index contributed by atoms with van der Waals surface area (Å²) in [4.78, 5) is 39.8. The maximum absolute atomic E-state index is 13.0. The fourth-order valence-electron chi connectivity index (χ4n) is 4.18. The molecule has 0 N–H and O–H groups in total. The SMILES string of the molecule is CCCCOc1ccc(/C=C/C(=O)c2cccc(Oc3cc(O/N=[N+](\[O-])N4CCOCC4)c([N+](=O)[O-])cc3[N+](=O)[O-])c2)cc1OC. The van der Waals surface area contributed by atoms with Gasteiger partial charge in [0.1, 0.15) is 24.9 Å². The van der Waals surface area contributed by atoms with Gasteiger partial charge in [-0.2, -0.15) is 0 Å². The molecule has 1 heterocycles. The summed E-state index contributed by atoms with van der Waals surface area (Å²) in [6.45, 7) is 3.60. The third kappa shape index (κ3) is 8.66. The lowest BCUT2D eigenvalue weighted by atomic mass is 10.1. The van der Waals surface area contributed by atoms with E-state index in [4.69, 9.17) is 23.8 Å². The van der Waals surface area contributed by atoms with Crippen LogP contribution in [0.2, 0.25) is 0 Å². The van der Waals surface area contributed by atoms with Gasteiger partial charge in [-0.05, 0) is 42.3 Å². The van der Waals surface area contributed by atoms with Gasteiger partial charge in [0, 0.05) is 11.6 Å². The second kappa shape index (κ2) is 15.8. The molecule has 4 rings (SSSR count). The number of carbonyl (C=O) groups is 1. The van der Waals surface area contributed by atoms with E-state index in [0.29, 0.717) is 29.7 Å². The van der Waals surface area contributed by atoms with Crippen LogP contribution in [0.5, 0.6) is 28.7 Å². The Bertz CT molecular complexity index is 1640. The summed E-state index contributed by atoms with van der Waals surface area (Å²) in [5.74, 6) is -0.286. The molecule has 0 atom stereocenters. The van der Waals surface area contributed by atoms with E-state index in [-0.39, 0.29) is 42.6 Å². The molecule has 0 bridgehead atoms. The third-order valence-electron chi connectivity index (χ3n) is 6.59. The van der Waals surface area contributed by atoms with Gasteiger partial charge in [-0.3, -0.25) is 29.9 Å². The Hall–Kier alpha value is -5.77. The van der Waals surface area contributed by atoms with E-state index < -0.39 is 38.5 Å². The molecule has 0 amide bonds. The number of rotatable bonds is 15. The number of ether oxygens (including phenoxy) is 4. The van der Waals surface area contributed by atoms with Gasteiger partial charge in [0.15, 0.2) is 17.3 Å². The lowest BCUT2D eigenvalue weighted by Gasteiger charge is -2.21. The van der Waals surface area contributed by atoms with Crippen LogP contribution < -0.4 is 19.0 Å². The van der Waals surface area contributed by atoms with Gasteiger partial charge in [-0.25, -0.2) is 0 Å². The number of nitro benzene ring substituents is 2. The number of hydrogen-bond donors (Lipinski definition) is 0. The molecule has 0 saturated carbocycles. The maximum atomic E-state index is 13.0. The van der Waals surface area contributed by atoms with Crippen LogP contribution in [0.15, 0.2) is 66.0 Å². The average Bonchev–Trinajstić information content (AvgIpc) is 3.06. The number of carbonyl (C=O) groups excluding carboxylic acids is 1. The summed E-state index contributed by atoms with van der Waals surface area (Å²) in [7, 11) is 1.52. The van der Waals surface area contributed by atoms with Crippen LogP contribution in [-0.4, -0.2) is 65.6 Å². The number of allylic oxidation sites excluding steroid dienone is 1. The Labute approximate surface area is 262 Å². The van der Waals surface area contributed by atoms with Crippen molar-refractivity contribution in [3.05, 3.63) is 97.2 Å². The van der Waals surface area contributed by atoms with E-state index >= 15 is 0 Å². The van der Waals surface area contributed by atoms with Crippen molar-refractivity contribution in [2.45, 2.75) is 19.8 Å². The highest BCUT2D eigenvalue weighted by atomic mass is 16.7. The second-order valence-electron chi connectivity index (χ2n) is 9.73. The number of nitro groups is 2. The van der Waals surface area contributed by atoms with Crippen LogP contribution in [0.25, 0.3) is 6.08 Å². The van der Waals surface area contributed by atoms with Crippen molar-refractivity contribution < 1.29 is 43.4 Å². The summed E-state index contributed by atoms with van der Waals surface area (Å²) in [5.41, 5.74) is -0.683. The maximum Gasteiger partial charge on any atom is 0.321 e. The molecule has 16 nitrogen and oxygen atoms in total. The molecule has 3 aromatic rings. The van der Waals surface area contributed by atoms with Crippen LogP contribution in [0.4, 0.5) is 11.4 Å². The number of morpholine rings is 1. The molecule has 1 saturated heterocycles. The Morgan fingerprint density at radius 3 is 2.39 bits per heavy atom. The van der Waals surface area contributed by atoms with E-state index in [0.717, 1.165) is 18.9 Å². The standard InChI is InChI=1S/C30H31N5O11/c1-3-4-14-44-27-11-9-21(17-30(27)42-2)8-10-26(36)22-6-5-7-23(18-22)45-28-20-29(25(34(39)40)19-24(28)33(37)38)46-31-35(41)32-12-15-43-16-13-32/h5-11,17-20H,3-4,12-16H2,1-2H3/b10-8+,35-31-. The van der Waals surface area contributed by atoms with E-state index in [9.17, 15) is 30.2 Å². The van der Waals surface area contributed by atoms with Crippen LogP contribution in [0.1, 0.15) is 35.7 Å². The molecule has 46 heavy (non-hydrogen) atoms. The lowest BCUT2D eigenvalue weighted by molar-refractivity contribution is -0.710. The molecule has 242 valence electrons. The smallest absolute Gasteiger partial charge is 0.321 e. The van der Waals surface area contributed by atoms with Gasteiger partial charge in [0.2, 0.25) is 16.8 Å². The molecular formula is C30H31N5O11. The highest BCUT2D eigenvalue weighted by Gasteiger charge is 2.29. The number of benzene rings is 3. The molecule has 1 aliphatic heterocycles. The minimum absolute atomic E-state index is 0.0214. The summed E-state index contributed by atoms with van der Waals surface area (Å²) in [6.07, 6.45) is 4.83. The Morgan fingerprint density at radius 1 is 0.957 bits per heavy atom. The van der Waals surface area contributed by atoms with Crippen LogP contribution in [-0.2, 0) is 4.74 Å². The molecule has 0 spiro atoms. The van der Waals surface area contributed by atoms with Gasteiger partial charge in [0.05, 0.1) is 41.7 Å². The molecule has 1 aliphatic rings. The minimum atomic E-state index is -0.917. The monoisotopic (exact) mass is 637 g/mol. The summed E-state index contributed by atoms with van der Waals surface area (Å²) in [5, 5.41) is 40.3. The lowest BCUT2D eigenvalue weighted by Crippen LogP contribution is -2.40.